The summed E-state index contributed by atoms with van der Waals surface area (Å²) in [7, 11) is 0. The van der Waals surface area contributed by atoms with Gasteiger partial charge in [-0.15, -0.1) is 11.3 Å². The normalized spacial score (nSPS) is 13.3. The Bertz CT molecular complexity index is 1040. The van der Waals surface area contributed by atoms with Crippen LogP contribution in [0.1, 0.15) is 28.2 Å². The molecule has 0 saturated carbocycles. The minimum atomic E-state index is -0.211. The molecule has 1 saturated heterocycles. The van der Waals surface area contributed by atoms with Gasteiger partial charge in [0.2, 0.25) is 0 Å². The summed E-state index contributed by atoms with van der Waals surface area (Å²) in [6.45, 7) is 3.45. The van der Waals surface area contributed by atoms with Crippen molar-refractivity contribution in [2.24, 2.45) is 0 Å². The second-order valence-electron chi connectivity index (χ2n) is 7.16. The molecule has 3 aromatic rings. The topological polar surface area (TPSA) is 71.5 Å². The lowest BCUT2D eigenvalue weighted by Gasteiger charge is -2.15. The van der Waals surface area contributed by atoms with Crippen molar-refractivity contribution in [2.45, 2.75) is 19.8 Å². The molecule has 30 heavy (non-hydrogen) atoms. The van der Waals surface area contributed by atoms with E-state index in [1.165, 1.54) is 11.3 Å². The number of anilines is 1. The molecule has 0 aliphatic carbocycles. The number of thiazole rings is 1. The van der Waals surface area contributed by atoms with E-state index in [1.807, 2.05) is 42.2 Å². The quantitative estimate of drug-likeness (QED) is 0.641. The maximum Gasteiger partial charge on any atom is 0.267 e. The molecule has 2 aromatic carbocycles. The number of carbonyl (C=O) groups excluding carboxylic acids is 2. The molecule has 7 heteroatoms. The van der Waals surface area contributed by atoms with Crippen LogP contribution in [0.25, 0.3) is 10.6 Å². The van der Waals surface area contributed by atoms with Crippen LogP contribution in [0, 0.1) is 6.92 Å². The van der Waals surface area contributed by atoms with Crippen LogP contribution in [-0.4, -0.2) is 41.4 Å². The largest absolute Gasteiger partial charge is 0.484 e. The third-order valence-corrected chi connectivity index (χ3v) is 6.14. The van der Waals surface area contributed by atoms with Gasteiger partial charge in [-0.25, -0.2) is 4.98 Å². The number of hydrogen-bond donors (Lipinski definition) is 1. The van der Waals surface area contributed by atoms with Crippen LogP contribution < -0.4 is 10.1 Å². The summed E-state index contributed by atoms with van der Waals surface area (Å²) in [6.07, 6.45) is 2.10. The van der Waals surface area contributed by atoms with E-state index < -0.39 is 0 Å². The number of hydrogen-bond acceptors (Lipinski definition) is 5. The fourth-order valence-electron chi connectivity index (χ4n) is 3.37. The maximum absolute atomic E-state index is 12.8. The summed E-state index contributed by atoms with van der Waals surface area (Å²) < 4.78 is 5.64. The Morgan fingerprint density at radius 3 is 2.63 bits per heavy atom. The molecular formula is C23H23N3O3S. The summed E-state index contributed by atoms with van der Waals surface area (Å²) in [5, 5.41) is 3.72. The van der Waals surface area contributed by atoms with Crippen molar-refractivity contribution >= 4 is 28.8 Å². The highest BCUT2D eigenvalue weighted by Gasteiger charge is 2.19. The monoisotopic (exact) mass is 421 g/mol. The van der Waals surface area contributed by atoms with Gasteiger partial charge in [0.15, 0.2) is 6.61 Å². The number of aromatic nitrogens is 1. The van der Waals surface area contributed by atoms with E-state index in [0.29, 0.717) is 22.0 Å². The van der Waals surface area contributed by atoms with Gasteiger partial charge < -0.3 is 15.0 Å². The number of aryl methyl sites for hydroxylation is 1. The Morgan fingerprint density at radius 1 is 1.10 bits per heavy atom. The number of carbonyl (C=O) groups is 2. The number of amides is 2. The van der Waals surface area contributed by atoms with Crippen LogP contribution in [0.5, 0.6) is 5.75 Å². The van der Waals surface area contributed by atoms with Crippen molar-refractivity contribution in [2.75, 3.05) is 25.0 Å². The van der Waals surface area contributed by atoms with Crippen LogP contribution >= 0.6 is 11.3 Å². The highest BCUT2D eigenvalue weighted by atomic mass is 32.1. The van der Waals surface area contributed by atoms with Gasteiger partial charge in [-0.2, -0.15) is 0 Å². The van der Waals surface area contributed by atoms with Gasteiger partial charge in [0.1, 0.15) is 15.6 Å². The van der Waals surface area contributed by atoms with Gasteiger partial charge in [-0.1, -0.05) is 36.4 Å². The zero-order valence-corrected chi connectivity index (χ0v) is 17.6. The first-order valence-electron chi connectivity index (χ1n) is 9.95. The molecule has 154 valence electrons. The third-order valence-electron chi connectivity index (χ3n) is 4.94. The van der Waals surface area contributed by atoms with Crippen LogP contribution in [0.3, 0.4) is 0 Å². The van der Waals surface area contributed by atoms with Crippen molar-refractivity contribution in [3.8, 4) is 16.3 Å². The Balaban J connectivity index is 1.41. The molecule has 1 aromatic heterocycles. The number of benzene rings is 2. The molecule has 0 unspecified atom stereocenters. The van der Waals surface area contributed by atoms with Crippen molar-refractivity contribution in [3.63, 3.8) is 0 Å². The first-order valence-corrected chi connectivity index (χ1v) is 10.8. The van der Waals surface area contributed by atoms with Crippen LogP contribution in [-0.2, 0) is 4.79 Å². The van der Waals surface area contributed by atoms with Crippen molar-refractivity contribution in [3.05, 3.63) is 65.2 Å². The zero-order chi connectivity index (χ0) is 20.9. The molecule has 1 fully saturated rings. The van der Waals surface area contributed by atoms with Crippen molar-refractivity contribution in [1.82, 2.24) is 9.88 Å². The fourth-order valence-corrected chi connectivity index (χ4v) is 4.33. The first-order chi connectivity index (χ1) is 14.6. The van der Waals surface area contributed by atoms with E-state index in [4.69, 9.17) is 4.74 Å². The molecule has 1 aliphatic heterocycles. The molecule has 1 aliphatic rings. The molecule has 0 radical (unpaired) electrons. The molecule has 0 atom stereocenters. The van der Waals surface area contributed by atoms with E-state index in [1.54, 1.807) is 24.3 Å². The average Bonchev–Trinajstić information content (AvgIpc) is 3.43. The average molecular weight is 422 g/mol. The summed E-state index contributed by atoms with van der Waals surface area (Å²) in [5.41, 5.74) is 2.29. The van der Waals surface area contributed by atoms with Gasteiger partial charge in [-0.3, -0.25) is 9.59 Å². The number of likely N-dealkylation sites (tertiary alicyclic amines) is 1. The summed E-state index contributed by atoms with van der Waals surface area (Å²) in [5.74, 6) is 0.333. The lowest BCUT2D eigenvalue weighted by atomic mass is 10.2. The van der Waals surface area contributed by atoms with E-state index in [0.717, 1.165) is 36.5 Å². The molecule has 4 rings (SSSR count). The Kier molecular flexibility index (Phi) is 6.09. The Labute approximate surface area is 179 Å². The predicted octanol–water partition coefficient (Wildman–Crippen LogP) is 4.37. The Morgan fingerprint density at radius 2 is 1.87 bits per heavy atom. The van der Waals surface area contributed by atoms with Crippen LogP contribution in [0.2, 0.25) is 0 Å². The van der Waals surface area contributed by atoms with Gasteiger partial charge in [0, 0.05) is 30.4 Å². The summed E-state index contributed by atoms with van der Waals surface area (Å²) >= 11 is 1.37. The number of rotatable bonds is 6. The number of nitrogens with one attached hydrogen (secondary N) is 1. The zero-order valence-electron chi connectivity index (χ0n) is 16.8. The minimum absolute atomic E-state index is 0.00401. The predicted molar refractivity (Wildman–Crippen MR) is 118 cm³/mol. The molecule has 0 bridgehead atoms. The summed E-state index contributed by atoms with van der Waals surface area (Å²) in [6, 6.07) is 16.9. The molecule has 2 heterocycles. The second kappa shape index (κ2) is 9.09. The fraction of sp³-hybridized carbons (Fsp3) is 0.261. The second-order valence-corrected chi connectivity index (χ2v) is 8.16. The maximum atomic E-state index is 12.8. The van der Waals surface area contributed by atoms with Crippen LogP contribution in [0.4, 0.5) is 5.69 Å². The van der Waals surface area contributed by atoms with E-state index in [-0.39, 0.29) is 18.4 Å². The lowest BCUT2D eigenvalue weighted by molar-refractivity contribution is -0.132. The molecule has 2 amide bonds. The molecule has 1 N–H and O–H groups in total. The van der Waals surface area contributed by atoms with Crippen molar-refractivity contribution in [1.29, 1.82) is 0 Å². The molecular weight excluding hydrogens is 398 g/mol. The Hall–Kier alpha value is -3.19. The van der Waals surface area contributed by atoms with E-state index in [9.17, 15) is 9.59 Å². The van der Waals surface area contributed by atoms with Gasteiger partial charge in [-0.05, 0) is 31.9 Å². The molecule has 6 nitrogen and oxygen atoms in total. The highest BCUT2D eigenvalue weighted by molar-refractivity contribution is 7.17. The van der Waals surface area contributed by atoms with E-state index in [2.05, 4.69) is 10.3 Å². The molecule has 0 spiro atoms. The smallest absolute Gasteiger partial charge is 0.267 e. The summed E-state index contributed by atoms with van der Waals surface area (Å²) in [4.78, 5) is 31.9. The van der Waals surface area contributed by atoms with Crippen molar-refractivity contribution < 1.29 is 14.3 Å². The number of ether oxygens (including phenoxy) is 1. The minimum Gasteiger partial charge on any atom is -0.484 e. The third kappa shape index (κ3) is 4.68. The van der Waals surface area contributed by atoms with Gasteiger partial charge in [0.05, 0.1) is 5.69 Å². The van der Waals surface area contributed by atoms with Gasteiger partial charge in [0.25, 0.3) is 11.8 Å². The SMILES string of the molecule is Cc1nc(-c2ccccc2)sc1C(=O)Nc1cccc(OCC(=O)N2CCCC2)c1. The van der Waals surface area contributed by atoms with Gasteiger partial charge >= 0.3 is 0 Å². The van der Waals surface area contributed by atoms with E-state index >= 15 is 0 Å². The highest BCUT2D eigenvalue weighted by Crippen LogP contribution is 2.28. The number of nitrogens with zero attached hydrogens (tertiary/aromatic N) is 2. The van der Waals surface area contributed by atoms with Crippen LogP contribution in [0.15, 0.2) is 54.6 Å². The lowest BCUT2D eigenvalue weighted by Crippen LogP contribution is -2.32. The standard InChI is InChI=1S/C23H23N3O3S/c1-16-21(30-23(24-16)17-8-3-2-4-9-17)22(28)25-18-10-7-11-19(14-18)29-15-20(27)26-12-5-6-13-26/h2-4,7-11,14H,5-6,12-13,15H2,1H3,(H,25,28). The first kappa shape index (κ1) is 20.1.